The Hall–Kier alpha value is -2.30. The maximum Gasteiger partial charge on any atom is 0.317 e. The molecule has 2 N–H and O–H groups in total. The van der Waals surface area contributed by atoms with Crippen LogP contribution in [0.4, 0.5) is 4.79 Å². The van der Waals surface area contributed by atoms with Crippen molar-refractivity contribution in [3.63, 3.8) is 0 Å². The van der Waals surface area contributed by atoms with E-state index in [2.05, 4.69) is 36.3 Å². The van der Waals surface area contributed by atoms with E-state index in [4.69, 9.17) is 0 Å². The first-order chi connectivity index (χ1) is 12.2. The van der Waals surface area contributed by atoms with Crippen molar-refractivity contribution in [3.05, 3.63) is 48.6 Å². The monoisotopic (exact) mass is 343 g/mol. The van der Waals surface area contributed by atoms with Gasteiger partial charge >= 0.3 is 6.03 Å². The smallest absolute Gasteiger partial charge is 0.317 e. The highest BCUT2D eigenvalue weighted by Crippen LogP contribution is 2.33. The molecule has 1 fully saturated rings. The van der Waals surface area contributed by atoms with Crippen LogP contribution in [0.1, 0.15) is 44.2 Å². The van der Waals surface area contributed by atoms with E-state index in [1.165, 1.54) is 0 Å². The number of likely N-dealkylation sites (tertiary alicyclic amines) is 1. The Kier molecular flexibility index (Phi) is 7.51. The van der Waals surface area contributed by atoms with Crippen molar-refractivity contribution in [3.8, 4) is 0 Å². The standard InChI is InChI=1S/C20H29N3O2/c1-3-5-14-22-20(25)23-15-17(19(24)21-13-4-2)11-12-18(23)16-9-7-6-8-10-16/h4,6-10,17-18H,2-3,5,11-15H2,1H3,(H,21,24)(H,22,25). The van der Waals surface area contributed by atoms with Crippen LogP contribution < -0.4 is 10.6 Å². The summed E-state index contributed by atoms with van der Waals surface area (Å²) in [6.07, 6.45) is 5.23. The fourth-order valence-corrected chi connectivity index (χ4v) is 3.22. The van der Waals surface area contributed by atoms with Gasteiger partial charge in [0.2, 0.25) is 5.91 Å². The lowest BCUT2D eigenvalue weighted by Gasteiger charge is -2.39. The summed E-state index contributed by atoms with van der Waals surface area (Å²) in [5, 5.41) is 5.85. The fraction of sp³-hybridized carbons (Fsp3) is 0.500. The molecule has 25 heavy (non-hydrogen) atoms. The Morgan fingerprint density at radius 3 is 2.68 bits per heavy atom. The summed E-state index contributed by atoms with van der Waals surface area (Å²) in [6.45, 7) is 7.29. The van der Waals surface area contributed by atoms with Crippen molar-refractivity contribution < 1.29 is 9.59 Å². The molecule has 2 unspecified atom stereocenters. The number of urea groups is 1. The predicted octanol–water partition coefficient (Wildman–Crippen LogP) is 3.25. The molecule has 0 spiro atoms. The molecule has 0 aromatic heterocycles. The number of amides is 3. The molecule has 0 saturated carbocycles. The molecule has 0 radical (unpaired) electrons. The Bertz CT molecular complexity index is 574. The fourth-order valence-electron chi connectivity index (χ4n) is 3.22. The topological polar surface area (TPSA) is 61.4 Å². The molecule has 0 aliphatic carbocycles. The average Bonchev–Trinajstić information content (AvgIpc) is 2.66. The third kappa shape index (κ3) is 5.34. The summed E-state index contributed by atoms with van der Waals surface area (Å²) in [4.78, 5) is 26.8. The number of benzene rings is 1. The summed E-state index contributed by atoms with van der Waals surface area (Å²) < 4.78 is 0. The highest BCUT2D eigenvalue weighted by molar-refractivity contribution is 5.81. The average molecular weight is 343 g/mol. The highest BCUT2D eigenvalue weighted by atomic mass is 16.2. The molecule has 1 aromatic rings. The first-order valence-corrected chi connectivity index (χ1v) is 9.15. The van der Waals surface area contributed by atoms with Crippen LogP contribution in [0.5, 0.6) is 0 Å². The van der Waals surface area contributed by atoms with Crippen molar-refractivity contribution >= 4 is 11.9 Å². The molecule has 136 valence electrons. The van der Waals surface area contributed by atoms with Crippen LogP contribution in [0.15, 0.2) is 43.0 Å². The first kappa shape index (κ1) is 19.0. The molecular weight excluding hydrogens is 314 g/mol. The van der Waals surface area contributed by atoms with Crippen LogP contribution >= 0.6 is 0 Å². The third-order valence-electron chi connectivity index (χ3n) is 4.63. The molecule has 1 aliphatic rings. The van der Waals surface area contributed by atoms with Gasteiger partial charge in [-0.1, -0.05) is 49.8 Å². The minimum absolute atomic E-state index is 0.00206. The van der Waals surface area contributed by atoms with E-state index in [1.807, 2.05) is 23.1 Å². The number of unbranched alkanes of at least 4 members (excludes halogenated alkanes) is 1. The van der Waals surface area contributed by atoms with Gasteiger partial charge in [0.25, 0.3) is 0 Å². The van der Waals surface area contributed by atoms with Crippen molar-refractivity contribution in [1.29, 1.82) is 0 Å². The van der Waals surface area contributed by atoms with E-state index in [0.717, 1.165) is 31.2 Å². The number of hydrogen-bond acceptors (Lipinski definition) is 2. The van der Waals surface area contributed by atoms with Crippen LogP contribution in [0.2, 0.25) is 0 Å². The number of carbonyl (C=O) groups excluding carboxylic acids is 2. The summed E-state index contributed by atoms with van der Waals surface area (Å²) in [5.41, 5.74) is 1.12. The molecule has 0 bridgehead atoms. The Balaban J connectivity index is 2.10. The van der Waals surface area contributed by atoms with Gasteiger partial charge in [0.05, 0.1) is 12.0 Å². The molecule has 1 aliphatic heterocycles. The van der Waals surface area contributed by atoms with Gasteiger partial charge in [0, 0.05) is 19.6 Å². The largest absolute Gasteiger partial charge is 0.352 e. The van der Waals surface area contributed by atoms with Crippen molar-refractivity contribution in [2.75, 3.05) is 19.6 Å². The van der Waals surface area contributed by atoms with E-state index < -0.39 is 0 Å². The number of rotatable bonds is 7. The molecule has 2 atom stereocenters. The third-order valence-corrected chi connectivity index (χ3v) is 4.63. The summed E-state index contributed by atoms with van der Waals surface area (Å²) in [7, 11) is 0. The van der Waals surface area contributed by atoms with E-state index in [0.29, 0.717) is 19.6 Å². The number of carbonyl (C=O) groups is 2. The molecule has 5 nitrogen and oxygen atoms in total. The minimum atomic E-state index is -0.170. The van der Waals surface area contributed by atoms with Crippen LogP contribution in [0.25, 0.3) is 0 Å². The van der Waals surface area contributed by atoms with Crippen molar-refractivity contribution in [1.82, 2.24) is 15.5 Å². The molecule has 1 heterocycles. The lowest BCUT2D eigenvalue weighted by atomic mass is 9.88. The van der Waals surface area contributed by atoms with Gasteiger partial charge in [0.1, 0.15) is 0 Å². The van der Waals surface area contributed by atoms with Crippen LogP contribution in [-0.2, 0) is 4.79 Å². The van der Waals surface area contributed by atoms with E-state index in [-0.39, 0.29) is 23.9 Å². The van der Waals surface area contributed by atoms with E-state index >= 15 is 0 Å². The van der Waals surface area contributed by atoms with Crippen LogP contribution in [0.3, 0.4) is 0 Å². The normalized spacial score (nSPS) is 20.0. The molecule has 1 saturated heterocycles. The second-order valence-corrected chi connectivity index (χ2v) is 6.47. The SMILES string of the molecule is C=CCNC(=O)C1CCC(c2ccccc2)N(C(=O)NCCCC)C1. The second kappa shape index (κ2) is 9.87. The molecule has 2 rings (SSSR count). The number of piperidine rings is 1. The quantitative estimate of drug-likeness (QED) is 0.590. The van der Waals surface area contributed by atoms with Gasteiger partial charge in [-0.05, 0) is 24.8 Å². The van der Waals surface area contributed by atoms with Crippen molar-refractivity contribution in [2.24, 2.45) is 5.92 Å². The van der Waals surface area contributed by atoms with Crippen LogP contribution in [-0.4, -0.2) is 36.5 Å². The van der Waals surface area contributed by atoms with Gasteiger partial charge in [-0.3, -0.25) is 4.79 Å². The number of nitrogens with zero attached hydrogens (tertiary/aromatic N) is 1. The Morgan fingerprint density at radius 1 is 1.24 bits per heavy atom. The second-order valence-electron chi connectivity index (χ2n) is 6.47. The van der Waals surface area contributed by atoms with Crippen molar-refractivity contribution in [2.45, 2.75) is 38.6 Å². The molecule has 1 aromatic carbocycles. The number of nitrogens with one attached hydrogen (secondary N) is 2. The summed E-state index contributed by atoms with van der Waals surface area (Å²) in [6, 6.07) is 10.00. The maximum atomic E-state index is 12.7. The molecule has 5 heteroatoms. The van der Waals surface area contributed by atoms with Gasteiger partial charge in [-0.2, -0.15) is 0 Å². The van der Waals surface area contributed by atoms with Gasteiger partial charge in [-0.25, -0.2) is 4.79 Å². The zero-order valence-corrected chi connectivity index (χ0v) is 15.0. The Labute approximate surface area is 150 Å². The zero-order chi connectivity index (χ0) is 18.1. The van der Waals surface area contributed by atoms with Gasteiger partial charge in [-0.15, -0.1) is 6.58 Å². The lowest BCUT2D eigenvalue weighted by Crippen LogP contribution is -2.50. The number of hydrogen-bond donors (Lipinski definition) is 2. The Morgan fingerprint density at radius 2 is 2.00 bits per heavy atom. The summed E-state index contributed by atoms with van der Waals surface area (Å²) >= 11 is 0. The molecule has 3 amide bonds. The predicted molar refractivity (Wildman–Crippen MR) is 100 cm³/mol. The van der Waals surface area contributed by atoms with Gasteiger partial charge < -0.3 is 15.5 Å². The summed E-state index contributed by atoms with van der Waals surface area (Å²) in [5.74, 6) is -0.172. The van der Waals surface area contributed by atoms with Gasteiger partial charge in [0.15, 0.2) is 0 Å². The van der Waals surface area contributed by atoms with Crippen LogP contribution in [0, 0.1) is 5.92 Å². The minimum Gasteiger partial charge on any atom is -0.352 e. The highest BCUT2D eigenvalue weighted by Gasteiger charge is 2.35. The van der Waals surface area contributed by atoms with E-state index in [9.17, 15) is 9.59 Å². The maximum absolute atomic E-state index is 12.7. The zero-order valence-electron chi connectivity index (χ0n) is 15.0. The molecular formula is C20H29N3O2. The lowest BCUT2D eigenvalue weighted by molar-refractivity contribution is -0.126. The van der Waals surface area contributed by atoms with E-state index in [1.54, 1.807) is 6.08 Å². The first-order valence-electron chi connectivity index (χ1n) is 9.15.